The van der Waals surface area contributed by atoms with Crippen molar-refractivity contribution in [2.45, 2.75) is 39.2 Å². The van der Waals surface area contributed by atoms with Gasteiger partial charge >= 0.3 is 6.03 Å². The highest BCUT2D eigenvalue weighted by Crippen LogP contribution is 2.37. The summed E-state index contributed by atoms with van der Waals surface area (Å²) in [6.45, 7) is 6.40. The van der Waals surface area contributed by atoms with Gasteiger partial charge in [0.1, 0.15) is 0 Å². The van der Waals surface area contributed by atoms with Gasteiger partial charge in [-0.05, 0) is 37.8 Å². The third kappa shape index (κ3) is 3.50. The first-order valence-corrected chi connectivity index (χ1v) is 10.3. The zero-order valence-electron chi connectivity index (χ0n) is 17.3. The molecule has 3 aliphatic rings. The van der Waals surface area contributed by atoms with Crippen molar-refractivity contribution in [2.75, 3.05) is 33.2 Å². The minimum Gasteiger partial charge on any atom is -0.343 e. The lowest BCUT2D eigenvalue weighted by Crippen LogP contribution is -2.45. The number of carbonyl (C=O) groups is 3. The molecular formula is C22H28N4O3. The smallest absolute Gasteiger partial charge is 0.322 e. The molecule has 0 radical (unpaired) electrons. The molecule has 1 fully saturated rings. The number of aryl methyl sites for hydroxylation is 2. The molecule has 7 heteroatoms. The Kier molecular flexibility index (Phi) is 5.06. The second-order valence-electron chi connectivity index (χ2n) is 8.23. The molecule has 1 unspecified atom stereocenters. The third-order valence-corrected chi connectivity index (χ3v) is 6.23. The van der Waals surface area contributed by atoms with Gasteiger partial charge in [0.05, 0.1) is 23.9 Å². The highest BCUT2D eigenvalue weighted by atomic mass is 16.2. The Hall–Kier alpha value is -2.83. The molecule has 4 rings (SSSR count). The Labute approximate surface area is 171 Å². The van der Waals surface area contributed by atoms with E-state index in [-0.39, 0.29) is 17.8 Å². The van der Waals surface area contributed by atoms with E-state index in [9.17, 15) is 14.4 Å². The lowest BCUT2D eigenvalue weighted by molar-refractivity contribution is -0.131. The average molecular weight is 396 g/mol. The van der Waals surface area contributed by atoms with Crippen LogP contribution in [0.15, 0.2) is 29.5 Å². The number of nitrogens with zero attached hydrogens (tertiary/aromatic N) is 3. The molecule has 3 aliphatic heterocycles. The zero-order chi connectivity index (χ0) is 20.7. The van der Waals surface area contributed by atoms with Crippen molar-refractivity contribution in [1.82, 2.24) is 20.0 Å². The van der Waals surface area contributed by atoms with Gasteiger partial charge in [0, 0.05) is 33.1 Å². The number of amides is 4. The van der Waals surface area contributed by atoms with Gasteiger partial charge in [0.25, 0.3) is 5.91 Å². The van der Waals surface area contributed by atoms with Gasteiger partial charge < -0.3 is 15.1 Å². The summed E-state index contributed by atoms with van der Waals surface area (Å²) in [6.07, 6.45) is 2.44. The van der Waals surface area contributed by atoms with Gasteiger partial charge in [-0.2, -0.15) is 0 Å². The topological polar surface area (TPSA) is 73.0 Å². The molecular weight excluding hydrogens is 368 g/mol. The Morgan fingerprint density at radius 1 is 1.17 bits per heavy atom. The van der Waals surface area contributed by atoms with Crippen LogP contribution in [0.4, 0.5) is 4.79 Å². The Balaban J connectivity index is 1.55. The fourth-order valence-electron chi connectivity index (χ4n) is 4.54. The van der Waals surface area contributed by atoms with Crippen LogP contribution in [-0.4, -0.2) is 65.8 Å². The minimum atomic E-state index is -0.457. The SMILES string of the molecule is Cc1ccc(C2NC(=O)N(C)C3=C2C(=O)N(CCC(=O)N2CCCC2)C3)c(C)c1. The summed E-state index contributed by atoms with van der Waals surface area (Å²) < 4.78 is 0. The number of rotatable bonds is 4. The number of likely N-dealkylation sites (N-methyl/N-ethyl adjacent to an activating group) is 1. The lowest BCUT2D eigenvalue weighted by Gasteiger charge is -2.31. The van der Waals surface area contributed by atoms with E-state index in [4.69, 9.17) is 0 Å². The minimum absolute atomic E-state index is 0.0916. The van der Waals surface area contributed by atoms with Crippen LogP contribution >= 0.6 is 0 Å². The molecule has 4 amide bonds. The first-order chi connectivity index (χ1) is 13.9. The van der Waals surface area contributed by atoms with E-state index in [1.807, 2.05) is 30.9 Å². The van der Waals surface area contributed by atoms with Crippen molar-refractivity contribution in [3.63, 3.8) is 0 Å². The quantitative estimate of drug-likeness (QED) is 0.847. The Bertz CT molecular complexity index is 901. The van der Waals surface area contributed by atoms with Gasteiger partial charge in [-0.25, -0.2) is 4.79 Å². The van der Waals surface area contributed by atoms with Crippen LogP contribution in [0.1, 0.15) is 42.0 Å². The highest BCUT2D eigenvalue weighted by Gasteiger charge is 2.43. The van der Waals surface area contributed by atoms with E-state index in [0.29, 0.717) is 25.1 Å². The summed E-state index contributed by atoms with van der Waals surface area (Å²) in [7, 11) is 1.69. The molecule has 1 aromatic rings. The molecule has 1 aromatic carbocycles. The Morgan fingerprint density at radius 3 is 2.59 bits per heavy atom. The van der Waals surface area contributed by atoms with Crippen LogP contribution in [0.2, 0.25) is 0 Å². The summed E-state index contributed by atoms with van der Waals surface area (Å²) in [6, 6.07) is 5.38. The van der Waals surface area contributed by atoms with Crippen molar-refractivity contribution in [1.29, 1.82) is 0 Å². The van der Waals surface area contributed by atoms with Gasteiger partial charge in [0.15, 0.2) is 0 Å². The highest BCUT2D eigenvalue weighted by molar-refractivity contribution is 6.01. The molecule has 29 heavy (non-hydrogen) atoms. The van der Waals surface area contributed by atoms with Gasteiger partial charge in [-0.15, -0.1) is 0 Å². The summed E-state index contributed by atoms with van der Waals surface area (Å²) in [4.78, 5) is 43.3. The van der Waals surface area contributed by atoms with Crippen molar-refractivity contribution < 1.29 is 14.4 Å². The van der Waals surface area contributed by atoms with E-state index in [1.54, 1.807) is 11.9 Å². The second-order valence-corrected chi connectivity index (χ2v) is 8.23. The Morgan fingerprint density at radius 2 is 1.90 bits per heavy atom. The molecule has 0 aliphatic carbocycles. The predicted octanol–water partition coefficient (Wildman–Crippen LogP) is 2.11. The monoisotopic (exact) mass is 396 g/mol. The number of likely N-dealkylation sites (tertiary alicyclic amines) is 1. The number of carbonyl (C=O) groups excluding carboxylic acids is 3. The first-order valence-electron chi connectivity index (χ1n) is 10.3. The molecule has 154 valence electrons. The second kappa shape index (κ2) is 7.54. The van der Waals surface area contributed by atoms with Gasteiger partial charge in [-0.3, -0.25) is 14.5 Å². The number of nitrogens with one attached hydrogen (secondary N) is 1. The zero-order valence-corrected chi connectivity index (χ0v) is 17.3. The predicted molar refractivity (Wildman–Crippen MR) is 109 cm³/mol. The molecule has 0 spiro atoms. The van der Waals surface area contributed by atoms with E-state index >= 15 is 0 Å². The lowest BCUT2D eigenvalue weighted by atomic mass is 9.91. The summed E-state index contributed by atoms with van der Waals surface area (Å²) in [5, 5.41) is 2.98. The van der Waals surface area contributed by atoms with Crippen LogP contribution in [0.25, 0.3) is 0 Å². The van der Waals surface area contributed by atoms with Crippen LogP contribution in [-0.2, 0) is 9.59 Å². The molecule has 0 aromatic heterocycles. The number of hydrogen-bond acceptors (Lipinski definition) is 3. The molecule has 3 heterocycles. The number of hydrogen-bond donors (Lipinski definition) is 1. The fraction of sp³-hybridized carbons (Fsp3) is 0.500. The average Bonchev–Trinajstić information content (AvgIpc) is 3.32. The maximum Gasteiger partial charge on any atom is 0.322 e. The summed E-state index contributed by atoms with van der Waals surface area (Å²) in [5.74, 6) is 0.0136. The normalized spacial score (nSPS) is 21.8. The maximum atomic E-state index is 13.3. The fourth-order valence-corrected chi connectivity index (χ4v) is 4.54. The van der Waals surface area contributed by atoms with Crippen LogP contribution in [0.5, 0.6) is 0 Å². The summed E-state index contributed by atoms with van der Waals surface area (Å²) >= 11 is 0. The molecule has 1 saturated heterocycles. The first kappa shape index (κ1) is 19.5. The number of urea groups is 1. The van der Waals surface area contributed by atoms with Crippen molar-refractivity contribution in [3.8, 4) is 0 Å². The van der Waals surface area contributed by atoms with Gasteiger partial charge in [-0.1, -0.05) is 23.8 Å². The van der Waals surface area contributed by atoms with Crippen LogP contribution < -0.4 is 5.32 Å². The largest absolute Gasteiger partial charge is 0.343 e. The maximum absolute atomic E-state index is 13.3. The van der Waals surface area contributed by atoms with Crippen molar-refractivity contribution in [3.05, 3.63) is 46.2 Å². The molecule has 7 nitrogen and oxygen atoms in total. The van der Waals surface area contributed by atoms with E-state index in [0.717, 1.165) is 48.3 Å². The van der Waals surface area contributed by atoms with E-state index < -0.39 is 6.04 Å². The molecule has 1 atom stereocenters. The standard InChI is InChI=1S/C22H28N4O3/c1-14-6-7-16(15(2)12-14)20-19-17(24(3)22(29)23-20)13-26(21(19)28)11-8-18(27)25-9-4-5-10-25/h6-7,12,20H,4-5,8-11,13H2,1-3H3,(H,23,29). The molecule has 0 saturated carbocycles. The molecule has 0 bridgehead atoms. The molecule has 1 N–H and O–H groups in total. The van der Waals surface area contributed by atoms with Crippen LogP contribution in [0.3, 0.4) is 0 Å². The van der Waals surface area contributed by atoms with Crippen molar-refractivity contribution in [2.24, 2.45) is 0 Å². The van der Waals surface area contributed by atoms with Crippen molar-refractivity contribution >= 4 is 17.8 Å². The van der Waals surface area contributed by atoms with E-state index in [2.05, 4.69) is 11.4 Å². The number of benzene rings is 1. The van der Waals surface area contributed by atoms with Gasteiger partial charge in [0.2, 0.25) is 5.91 Å². The third-order valence-electron chi connectivity index (χ3n) is 6.23. The van der Waals surface area contributed by atoms with Crippen LogP contribution in [0, 0.1) is 13.8 Å². The van der Waals surface area contributed by atoms with E-state index in [1.165, 1.54) is 4.90 Å². The summed E-state index contributed by atoms with van der Waals surface area (Å²) in [5.41, 5.74) is 4.47.